The molecule has 0 aromatic heterocycles. The number of urea groups is 1. The van der Waals surface area contributed by atoms with Crippen LogP contribution in [-0.2, 0) is 4.79 Å². The summed E-state index contributed by atoms with van der Waals surface area (Å²) in [5, 5.41) is 5.91. The maximum absolute atomic E-state index is 12.6. The Morgan fingerprint density at radius 1 is 1.26 bits per heavy atom. The third kappa shape index (κ3) is 3.83. The topological polar surface area (TPSA) is 87.5 Å². The molecule has 2 aliphatic heterocycles. The number of piperidine rings is 2. The highest BCUT2D eigenvalue weighted by atomic mass is 16.2. The quantitative estimate of drug-likeness (QED) is 0.675. The van der Waals surface area contributed by atoms with Crippen LogP contribution in [0.5, 0.6) is 0 Å². The molecular weight excluding hydrogens is 244 g/mol. The number of amides is 3. The zero-order valence-corrected chi connectivity index (χ0v) is 11.4. The molecule has 0 radical (unpaired) electrons. The van der Waals surface area contributed by atoms with Crippen LogP contribution in [0.25, 0.3) is 0 Å². The Labute approximate surface area is 114 Å². The fraction of sp³-hybridized carbons (Fsp3) is 0.846. The minimum atomic E-state index is -0.516. The first-order valence-corrected chi connectivity index (χ1v) is 7.23. The van der Waals surface area contributed by atoms with E-state index in [2.05, 4.69) is 10.6 Å². The monoisotopic (exact) mass is 268 g/mol. The molecule has 3 amide bonds. The summed E-state index contributed by atoms with van der Waals surface area (Å²) in [4.78, 5) is 25.3. The molecule has 0 saturated carbocycles. The lowest BCUT2D eigenvalue weighted by molar-refractivity contribution is -0.139. The predicted octanol–water partition coefficient (Wildman–Crippen LogP) is 0.0354. The van der Waals surface area contributed by atoms with Crippen LogP contribution >= 0.6 is 0 Å². The van der Waals surface area contributed by atoms with Crippen LogP contribution in [0, 0.1) is 5.92 Å². The summed E-state index contributed by atoms with van der Waals surface area (Å²) in [6.45, 7) is 3.07. The summed E-state index contributed by atoms with van der Waals surface area (Å²) in [5.41, 5.74) is 5.11. The molecule has 2 heterocycles. The van der Waals surface area contributed by atoms with Crippen LogP contribution in [0.2, 0.25) is 0 Å². The van der Waals surface area contributed by atoms with Crippen LogP contribution in [0.1, 0.15) is 32.1 Å². The van der Waals surface area contributed by atoms with Gasteiger partial charge in [-0.3, -0.25) is 4.79 Å². The van der Waals surface area contributed by atoms with Crippen molar-refractivity contribution in [2.24, 2.45) is 11.7 Å². The van der Waals surface area contributed by atoms with E-state index in [4.69, 9.17) is 5.73 Å². The lowest BCUT2D eigenvalue weighted by Crippen LogP contribution is -2.53. The minimum absolute atomic E-state index is 0.0999. The lowest BCUT2D eigenvalue weighted by atomic mass is 9.94. The van der Waals surface area contributed by atoms with Crippen molar-refractivity contribution in [2.75, 3.05) is 26.2 Å². The maximum atomic E-state index is 12.6. The SMILES string of the molecule is NC(=O)NCC1CCCCN1C(=O)C1CCCNC1. The summed E-state index contributed by atoms with van der Waals surface area (Å²) < 4.78 is 0. The number of rotatable bonds is 3. The number of hydrogen-bond donors (Lipinski definition) is 3. The van der Waals surface area contributed by atoms with E-state index in [9.17, 15) is 9.59 Å². The number of nitrogens with two attached hydrogens (primary N) is 1. The highest BCUT2D eigenvalue weighted by molar-refractivity contribution is 5.80. The first-order valence-electron chi connectivity index (χ1n) is 7.23. The second kappa shape index (κ2) is 6.75. The molecule has 0 aliphatic carbocycles. The van der Waals surface area contributed by atoms with Gasteiger partial charge >= 0.3 is 6.03 Å². The summed E-state index contributed by atoms with van der Waals surface area (Å²) >= 11 is 0. The second-order valence-corrected chi connectivity index (χ2v) is 5.47. The minimum Gasteiger partial charge on any atom is -0.352 e. The average Bonchev–Trinajstić information content (AvgIpc) is 2.45. The Balaban J connectivity index is 1.93. The molecule has 0 aromatic carbocycles. The van der Waals surface area contributed by atoms with Gasteiger partial charge in [0.05, 0.1) is 5.92 Å². The van der Waals surface area contributed by atoms with Crippen molar-refractivity contribution in [3.05, 3.63) is 0 Å². The van der Waals surface area contributed by atoms with Crippen molar-refractivity contribution in [1.82, 2.24) is 15.5 Å². The Hall–Kier alpha value is -1.30. The summed E-state index contributed by atoms with van der Waals surface area (Å²) in [6.07, 6.45) is 5.15. The highest BCUT2D eigenvalue weighted by Crippen LogP contribution is 2.21. The van der Waals surface area contributed by atoms with E-state index in [0.29, 0.717) is 6.54 Å². The molecule has 19 heavy (non-hydrogen) atoms. The van der Waals surface area contributed by atoms with E-state index in [1.54, 1.807) is 0 Å². The number of nitrogens with zero attached hydrogens (tertiary/aromatic N) is 1. The van der Waals surface area contributed by atoms with Gasteiger partial charge in [-0.2, -0.15) is 0 Å². The third-order valence-corrected chi connectivity index (χ3v) is 4.07. The zero-order chi connectivity index (χ0) is 13.7. The van der Waals surface area contributed by atoms with Crippen molar-refractivity contribution in [3.8, 4) is 0 Å². The Morgan fingerprint density at radius 2 is 2.11 bits per heavy atom. The van der Waals surface area contributed by atoms with E-state index >= 15 is 0 Å². The Bertz CT molecular complexity index is 329. The van der Waals surface area contributed by atoms with Gasteiger partial charge in [0.15, 0.2) is 0 Å². The molecule has 0 spiro atoms. The normalized spacial score (nSPS) is 27.9. The highest BCUT2D eigenvalue weighted by Gasteiger charge is 2.32. The molecule has 2 rings (SSSR count). The molecule has 2 atom stereocenters. The number of nitrogens with one attached hydrogen (secondary N) is 2. The lowest BCUT2D eigenvalue weighted by Gasteiger charge is -2.38. The van der Waals surface area contributed by atoms with Gasteiger partial charge in [-0.1, -0.05) is 0 Å². The number of carbonyl (C=O) groups is 2. The first-order chi connectivity index (χ1) is 9.18. The number of primary amides is 1. The van der Waals surface area contributed by atoms with Crippen molar-refractivity contribution in [2.45, 2.75) is 38.1 Å². The molecule has 4 N–H and O–H groups in total. The largest absolute Gasteiger partial charge is 0.352 e. The molecule has 2 aliphatic rings. The van der Waals surface area contributed by atoms with E-state index in [-0.39, 0.29) is 17.9 Å². The maximum Gasteiger partial charge on any atom is 0.312 e. The van der Waals surface area contributed by atoms with E-state index < -0.39 is 6.03 Å². The van der Waals surface area contributed by atoms with Gasteiger partial charge in [-0.15, -0.1) is 0 Å². The molecule has 6 nitrogen and oxygen atoms in total. The number of hydrogen-bond acceptors (Lipinski definition) is 3. The average molecular weight is 268 g/mol. The molecule has 2 saturated heterocycles. The Morgan fingerprint density at radius 3 is 2.79 bits per heavy atom. The van der Waals surface area contributed by atoms with Crippen LogP contribution in [0.15, 0.2) is 0 Å². The Kier molecular flexibility index (Phi) is 5.01. The summed E-state index contributed by atoms with van der Waals surface area (Å²) in [5.74, 6) is 0.339. The fourth-order valence-electron chi connectivity index (χ4n) is 3.02. The standard InChI is InChI=1S/C13H24N4O2/c14-13(19)16-9-11-5-1-2-7-17(11)12(18)10-4-3-6-15-8-10/h10-11,15H,1-9H2,(H3,14,16,19). The van der Waals surface area contributed by atoms with Crippen molar-refractivity contribution in [3.63, 3.8) is 0 Å². The van der Waals surface area contributed by atoms with Crippen molar-refractivity contribution >= 4 is 11.9 Å². The van der Waals surface area contributed by atoms with Crippen LogP contribution in [-0.4, -0.2) is 49.1 Å². The molecule has 6 heteroatoms. The van der Waals surface area contributed by atoms with Gasteiger partial charge in [0.25, 0.3) is 0 Å². The zero-order valence-electron chi connectivity index (χ0n) is 11.4. The first kappa shape index (κ1) is 14.1. The van der Waals surface area contributed by atoms with Crippen LogP contribution in [0.4, 0.5) is 4.79 Å². The second-order valence-electron chi connectivity index (χ2n) is 5.47. The molecule has 0 aromatic rings. The van der Waals surface area contributed by atoms with Crippen LogP contribution in [0.3, 0.4) is 0 Å². The fourth-order valence-corrected chi connectivity index (χ4v) is 3.02. The number of carbonyl (C=O) groups excluding carboxylic acids is 2. The van der Waals surface area contributed by atoms with Crippen molar-refractivity contribution < 1.29 is 9.59 Å². The molecule has 2 fully saturated rings. The van der Waals surface area contributed by atoms with Gasteiger partial charge in [0.1, 0.15) is 0 Å². The van der Waals surface area contributed by atoms with E-state index in [1.807, 2.05) is 4.90 Å². The van der Waals surface area contributed by atoms with E-state index in [1.165, 1.54) is 0 Å². The molecule has 108 valence electrons. The van der Waals surface area contributed by atoms with Crippen molar-refractivity contribution in [1.29, 1.82) is 0 Å². The van der Waals surface area contributed by atoms with Gasteiger partial charge < -0.3 is 21.3 Å². The smallest absolute Gasteiger partial charge is 0.312 e. The van der Waals surface area contributed by atoms with E-state index in [0.717, 1.165) is 51.7 Å². The predicted molar refractivity (Wildman–Crippen MR) is 72.5 cm³/mol. The third-order valence-electron chi connectivity index (χ3n) is 4.07. The van der Waals surface area contributed by atoms with Gasteiger partial charge in [0, 0.05) is 25.7 Å². The van der Waals surface area contributed by atoms with Gasteiger partial charge in [-0.25, -0.2) is 4.79 Å². The van der Waals surface area contributed by atoms with Gasteiger partial charge in [-0.05, 0) is 38.6 Å². The van der Waals surface area contributed by atoms with Crippen LogP contribution < -0.4 is 16.4 Å². The van der Waals surface area contributed by atoms with Gasteiger partial charge in [0.2, 0.25) is 5.91 Å². The molecular formula is C13H24N4O2. The number of likely N-dealkylation sites (tertiary alicyclic amines) is 1. The summed E-state index contributed by atoms with van der Waals surface area (Å²) in [7, 11) is 0. The summed E-state index contributed by atoms with van der Waals surface area (Å²) in [6, 6.07) is -0.409. The molecule has 0 bridgehead atoms. The molecule has 2 unspecified atom stereocenters.